The zero-order valence-electron chi connectivity index (χ0n) is 11.3. The van der Waals surface area contributed by atoms with Gasteiger partial charge in [-0.3, -0.25) is 9.78 Å². The third-order valence-electron chi connectivity index (χ3n) is 2.77. The standard InChI is InChI=1S/C14H11BrN4O2S/c15-9-6-11(22-8-9)14-18-13(21-19-14)4-3-12(20)17-10-2-1-5-16-7-10/h1-2,5-8H,3-4H2,(H,17,20). The van der Waals surface area contributed by atoms with E-state index in [1.54, 1.807) is 24.5 Å². The van der Waals surface area contributed by atoms with E-state index in [0.29, 0.717) is 23.8 Å². The van der Waals surface area contributed by atoms with Gasteiger partial charge in [-0.25, -0.2) is 0 Å². The summed E-state index contributed by atoms with van der Waals surface area (Å²) in [6, 6.07) is 5.47. The second-order valence-electron chi connectivity index (χ2n) is 4.43. The molecule has 0 aliphatic rings. The lowest BCUT2D eigenvalue weighted by molar-refractivity contribution is -0.116. The van der Waals surface area contributed by atoms with Gasteiger partial charge in [0, 0.05) is 28.9 Å². The predicted octanol–water partition coefficient (Wildman–Crippen LogP) is 3.53. The first-order chi connectivity index (χ1) is 10.7. The third kappa shape index (κ3) is 3.77. The lowest BCUT2D eigenvalue weighted by Gasteiger charge is -2.02. The molecule has 0 spiro atoms. The van der Waals surface area contributed by atoms with E-state index >= 15 is 0 Å². The minimum absolute atomic E-state index is 0.119. The molecule has 3 heterocycles. The maximum atomic E-state index is 11.8. The summed E-state index contributed by atoms with van der Waals surface area (Å²) in [6.45, 7) is 0. The van der Waals surface area contributed by atoms with E-state index in [0.717, 1.165) is 9.35 Å². The lowest BCUT2D eigenvalue weighted by Crippen LogP contribution is -2.12. The number of aryl methyl sites for hydroxylation is 1. The van der Waals surface area contributed by atoms with Crippen molar-refractivity contribution in [1.82, 2.24) is 15.1 Å². The first kappa shape index (κ1) is 14.9. The number of aromatic nitrogens is 3. The molecule has 112 valence electrons. The van der Waals surface area contributed by atoms with Crippen LogP contribution in [-0.4, -0.2) is 21.0 Å². The number of halogens is 1. The number of nitrogens with zero attached hydrogens (tertiary/aromatic N) is 3. The predicted molar refractivity (Wildman–Crippen MR) is 86.5 cm³/mol. The first-order valence-electron chi connectivity index (χ1n) is 6.47. The fraction of sp³-hybridized carbons (Fsp3) is 0.143. The maximum Gasteiger partial charge on any atom is 0.227 e. The molecule has 8 heteroatoms. The van der Waals surface area contributed by atoms with Crippen LogP contribution in [0, 0.1) is 0 Å². The smallest absolute Gasteiger partial charge is 0.227 e. The largest absolute Gasteiger partial charge is 0.339 e. The average molecular weight is 379 g/mol. The van der Waals surface area contributed by atoms with Crippen LogP contribution in [0.15, 0.2) is 45.0 Å². The molecular weight excluding hydrogens is 368 g/mol. The summed E-state index contributed by atoms with van der Waals surface area (Å²) in [5.41, 5.74) is 0.669. The van der Waals surface area contributed by atoms with Crippen LogP contribution in [-0.2, 0) is 11.2 Å². The summed E-state index contributed by atoms with van der Waals surface area (Å²) in [4.78, 5) is 21.0. The molecule has 0 aromatic carbocycles. The molecule has 0 unspecified atom stereocenters. The highest BCUT2D eigenvalue weighted by molar-refractivity contribution is 9.10. The summed E-state index contributed by atoms with van der Waals surface area (Å²) < 4.78 is 6.15. The highest BCUT2D eigenvalue weighted by atomic mass is 79.9. The average Bonchev–Trinajstić information content (AvgIpc) is 3.15. The highest BCUT2D eigenvalue weighted by Gasteiger charge is 2.12. The number of hydrogen-bond acceptors (Lipinski definition) is 6. The van der Waals surface area contributed by atoms with Gasteiger partial charge in [0.25, 0.3) is 0 Å². The topological polar surface area (TPSA) is 80.9 Å². The molecular formula is C14H11BrN4O2S. The number of hydrogen-bond donors (Lipinski definition) is 1. The first-order valence-corrected chi connectivity index (χ1v) is 8.15. The van der Waals surface area contributed by atoms with E-state index in [1.807, 2.05) is 11.4 Å². The Balaban J connectivity index is 1.56. The quantitative estimate of drug-likeness (QED) is 0.734. The second-order valence-corrected chi connectivity index (χ2v) is 6.26. The van der Waals surface area contributed by atoms with Crippen molar-refractivity contribution in [2.45, 2.75) is 12.8 Å². The van der Waals surface area contributed by atoms with Gasteiger partial charge in [0.05, 0.1) is 16.8 Å². The van der Waals surface area contributed by atoms with E-state index in [-0.39, 0.29) is 12.3 Å². The van der Waals surface area contributed by atoms with Crippen molar-refractivity contribution in [1.29, 1.82) is 0 Å². The molecule has 1 amide bonds. The minimum atomic E-state index is -0.119. The Morgan fingerprint density at radius 2 is 2.36 bits per heavy atom. The molecule has 0 aliphatic carbocycles. The van der Waals surface area contributed by atoms with E-state index in [1.165, 1.54) is 11.3 Å². The van der Waals surface area contributed by atoms with Crippen LogP contribution < -0.4 is 5.32 Å². The SMILES string of the molecule is O=C(CCc1nc(-c2cc(Br)cs2)no1)Nc1cccnc1. The van der Waals surface area contributed by atoms with Gasteiger partial charge in [-0.2, -0.15) is 4.98 Å². The summed E-state index contributed by atoms with van der Waals surface area (Å²) in [6.07, 6.45) is 3.91. The van der Waals surface area contributed by atoms with Gasteiger partial charge in [-0.1, -0.05) is 5.16 Å². The van der Waals surface area contributed by atoms with Gasteiger partial charge in [0.15, 0.2) is 0 Å². The van der Waals surface area contributed by atoms with Gasteiger partial charge >= 0.3 is 0 Å². The van der Waals surface area contributed by atoms with Crippen LogP contribution in [0.4, 0.5) is 5.69 Å². The van der Waals surface area contributed by atoms with E-state index in [2.05, 4.69) is 36.4 Å². The Morgan fingerprint density at radius 1 is 1.45 bits per heavy atom. The van der Waals surface area contributed by atoms with Crippen molar-refractivity contribution in [3.63, 3.8) is 0 Å². The second kappa shape index (κ2) is 6.80. The Labute approximate surface area is 138 Å². The highest BCUT2D eigenvalue weighted by Crippen LogP contribution is 2.27. The molecule has 0 saturated heterocycles. The van der Waals surface area contributed by atoms with Crippen molar-refractivity contribution in [3.8, 4) is 10.7 Å². The number of amides is 1. The van der Waals surface area contributed by atoms with Crippen LogP contribution in [0.1, 0.15) is 12.3 Å². The number of nitrogens with one attached hydrogen (secondary N) is 1. The fourth-order valence-electron chi connectivity index (χ4n) is 1.77. The minimum Gasteiger partial charge on any atom is -0.339 e. The Kier molecular flexibility index (Phi) is 4.59. The van der Waals surface area contributed by atoms with Crippen molar-refractivity contribution in [2.24, 2.45) is 0 Å². The Morgan fingerprint density at radius 3 is 3.09 bits per heavy atom. The van der Waals surface area contributed by atoms with Gasteiger partial charge < -0.3 is 9.84 Å². The molecule has 22 heavy (non-hydrogen) atoms. The summed E-state index contributed by atoms with van der Waals surface area (Å²) >= 11 is 4.91. The Bertz CT molecular complexity index is 772. The molecule has 0 radical (unpaired) electrons. The molecule has 0 atom stereocenters. The molecule has 0 fully saturated rings. The van der Waals surface area contributed by atoms with Crippen LogP contribution in [0.3, 0.4) is 0 Å². The molecule has 3 rings (SSSR count). The zero-order valence-corrected chi connectivity index (χ0v) is 13.7. The lowest BCUT2D eigenvalue weighted by atomic mass is 10.3. The number of thiophene rings is 1. The molecule has 3 aromatic rings. The maximum absolute atomic E-state index is 11.8. The monoisotopic (exact) mass is 378 g/mol. The van der Waals surface area contributed by atoms with Crippen molar-refractivity contribution >= 4 is 38.9 Å². The summed E-state index contributed by atoms with van der Waals surface area (Å²) in [5, 5.41) is 8.63. The van der Waals surface area contributed by atoms with Crippen molar-refractivity contribution in [2.75, 3.05) is 5.32 Å². The van der Waals surface area contributed by atoms with E-state index < -0.39 is 0 Å². The van der Waals surface area contributed by atoms with E-state index in [9.17, 15) is 4.79 Å². The van der Waals surface area contributed by atoms with Gasteiger partial charge in [0.2, 0.25) is 17.6 Å². The van der Waals surface area contributed by atoms with Crippen LogP contribution in [0.2, 0.25) is 0 Å². The molecule has 0 bridgehead atoms. The van der Waals surface area contributed by atoms with Gasteiger partial charge in [-0.15, -0.1) is 11.3 Å². The van der Waals surface area contributed by atoms with E-state index in [4.69, 9.17) is 4.52 Å². The fourth-order valence-corrected chi connectivity index (χ4v) is 3.12. The van der Waals surface area contributed by atoms with Crippen LogP contribution in [0.5, 0.6) is 0 Å². The van der Waals surface area contributed by atoms with Crippen LogP contribution >= 0.6 is 27.3 Å². The number of carbonyl (C=O) groups excluding carboxylic acids is 1. The number of carbonyl (C=O) groups is 1. The van der Waals surface area contributed by atoms with Crippen LogP contribution in [0.25, 0.3) is 10.7 Å². The molecule has 3 aromatic heterocycles. The van der Waals surface area contributed by atoms with Gasteiger partial charge in [0.1, 0.15) is 0 Å². The Hall–Kier alpha value is -2.06. The number of anilines is 1. The number of rotatable bonds is 5. The third-order valence-corrected chi connectivity index (χ3v) is 4.45. The number of pyridine rings is 1. The summed E-state index contributed by atoms with van der Waals surface area (Å²) in [5.74, 6) is 0.867. The zero-order chi connectivity index (χ0) is 15.4. The summed E-state index contributed by atoms with van der Waals surface area (Å²) in [7, 11) is 0. The van der Waals surface area contributed by atoms with Crippen molar-refractivity contribution < 1.29 is 9.32 Å². The normalized spacial score (nSPS) is 10.6. The molecule has 1 N–H and O–H groups in total. The van der Waals surface area contributed by atoms with Gasteiger partial charge in [-0.05, 0) is 34.1 Å². The molecule has 0 aliphatic heterocycles. The molecule has 0 saturated carbocycles. The molecule has 6 nitrogen and oxygen atoms in total. The van der Waals surface area contributed by atoms with Crippen molar-refractivity contribution in [3.05, 3.63) is 46.3 Å².